The molecule has 1 aromatic rings. The Kier molecular flexibility index (Phi) is 5.13. The van der Waals surface area contributed by atoms with Crippen LogP contribution in [0.1, 0.15) is 25.8 Å². The van der Waals surface area contributed by atoms with Crippen molar-refractivity contribution in [1.29, 1.82) is 0 Å². The molecular formula is C15H22ClNO3. The number of methoxy groups -OCH3 is 1. The van der Waals surface area contributed by atoms with Crippen molar-refractivity contribution in [2.24, 2.45) is 5.41 Å². The van der Waals surface area contributed by atoms with E-state index >= 15 is 0 Å². The number of benzene rings is 1. The first kappa shape index (κ1) is 15.4. The molecule has 0 aliphatic carbocycles. The van der Waals surface area contributed by atoms with Crippen LogP contribution in [0, 0.1) is 5.41 Å². The second-order valence-electron chi connectivity index (χ2n) is 5.82. The fourth-order valence-corrected chi connectivity index (χ4v) is 2.42. The maximum Gasteiger partial charge on any atom is 0.231 e. The van der Waals surface area contributed by atoms with Gasteiger partial charge in [0.25, 0.3) is 0 Å². The van der Waals surface area contributed by atoms with Crippen molar-refractivity contribution in [3.05, 3.63) is 22.7 Å². The summed E-state index contributed by atoms with van der Waals surface area (Å²) in [5.41, 5.74) is 1.30. The molecule has 112 valence electrons. The van der Waals surface area contributed by atoms with Crippen molar-refractivity contribution < 1.29 is 14.2 Å². The highest BCUT2D eigenvalue weighted by molar-refractivity contribution is 6.32. The zero-order valence-corrected chi connectivity index (χ0v) is 13.0. The largest absolute Gasteiger partial charge is 0.454 e. The van der Waals surface area contributed by atoms with Gasteiger partial charge in [-0.25, -0.2) is 0 Å². The zero-order chi connectivity index (χ0) is 14.6. The van der Waals surface area contributed by atoms with E-state index in [1.54, 1.807) is 7.11 Å². The Labute approximate surface area is 125 Å². The van der Waals surface area contributed by atoms with E-state index in [0.29, 0.717) is 10.8 Å². The molecule has 0 saturated heterocycles. The molecule has 0 bridgehead atoms. The minimum atomic E-state index is 0.205. The zero-order valence-electron chi connectivity index (χ0n) is 12.3. The van der Waals surface area contributed by atoms with Gasteiger partial charge in [0.15, 0.2) is 11.5 Å². The van der Waals surface area contributed by atoms with Crippen molar-refractivity contribution in [3.8, 4) is 11.5 Å². The lowest BCUT2D eigenvalue weighted by atomic mass is 9.89. The van der Waals surface area contributed by atoms with E-state index in [9.17, 15) is 0 Å². The van der Waals surface area contributed by atoms with Crippen LogP contribution in [0.4, 0.5) is 0 Å². The highest BCUT2D eigenvalue weighted by Gasteiger charge is 2.19. The molecule has 0 fully saturated rings. The quantitative estimate of drug-likeness (QED) is 0.839. The van der Waals surface area contributed by atoms with Gasteiger partial charge >= 0.3 is 0 Å². The molecule has 4 nitrogen and oxygen atoms in total. The van der Waals surface area contributed by atoms with Crippen LogP contribution in [0.5, 0.6) is 11.5 Å². The molecule has 0 aromatic heterocycles. The van der Waals surface area contributed by atoms with Crippen LogP contribution < -0.4 is 14.8 Å². The maximum absolute atomic E-state index is 6.16. The third-order valence-electron chi connectivity index (χ3n) is 3.40. The molecule has 0 radical (unpaired) electrons. The summed E-state index contributed by atoms with van der Waals surface area (Å²) in [5.74, 6) is 1.38. The Morgan fingerprint density at radius 2 is 2.15 bits per heavy atom. The van der Waals surface area contributed by atoms with Crippen LogP contribution in [0.3, 0.4) is 0 Å². The van der Waals surface area contributed by atoms with Gasteiger partial charge < -0.3 is 19.5 Å². The first-order chi connectivity index (χ1) is 9.52. The van der Waals surface area contributed by atoms with Crippen molar-refractivity contribution in [3.63, 3.8) is 0 Å². The molecule has 1 aromatic carbocycles. The van der Waals surface area contributed by atoms with Crippen molar-refractivity contribution >= 4 is 11.6 Å². The summed E-state index contributed by atoms with van der Waals surface area (Å²) in [6, 6.07) is 3.90. The van der Waals surface area contributed by atoms with Crippen LogP contribution in [-0.2, 0) is 11.3 Å². The van der Waals surface area contributed by atoms with Gasteiger partial charge in [-0.3, -0.25) is 0 Å². The summed E-state index contributed by atoms with van der Waals surface area (Å²) in [5, 5.41) is 4.07. The number of ether oxygens (including phenoxy) is 3. The lowest BCUT2D eigenvalue weighted by Gasteiger charge is -2.24. The third-order valence-corrected chi connectivity index (χ3v) is 3.68. The molecule has 0 spiro atoms. The van der Waals surface area contributed by atoms with E-state index in [1.165, 1.54) is 0 Å². The van der Waals surface area contributed by atoms with Crippen LogP contribution >= 0.6 is 11.6 Å². The minimum Gasteiger partial charge on any atom is -0.454 e. The van der Waals surface area contributed by atoms with Gasteiger partial charge in [0.1, 0.15) is 0 Å². The second kappa shape index (κ2) is 6.66. The molecule has 2 rings (SSSR count). The molecule has 1 aliphatic rings. The van der Waals surface area contributed by atoms with E-state index in [2.05, 4.69) is 19.2 Å². The molecule has 1 aliphatic heterocycles. The number of nitrogens with one attached hydrogen (secondary N) is 1. The molecule has 1 N–H and O–H groups in total. The van der Waals surface area contributed by atoms with Crippen molar-refractivity contribution in [1.82, 2.24) is 5.32 Å². The summed E-state index contributed by atoms with van der Waals surface area (Å²) < 4.78 is 15.8. The molecule has 0 unspecified atom stereocenters. The van der Waals surface area contributed by atoms with E-state index in [4.69, 9.17) is 25.8 Å². The number of hydrogen-bond donors (Lipinski definition) is 1. The average molecular weight is 300 g/mol. The van der Waals surface area contributed by atoms with Crippen LogP contribution in [0.25, 0.3) is 0 Å². The first-order valence-corrected chi connectivity index (χ1v) is 7.17. The third kappa shape index (κ3) is 4.01. The predicted molar refractivity (Wildman–Crippen MR) is 79.6 cm³/mol. The Morgan fingerprint density at radius 1 is 1.35 bits per heavy atom. The number of hydrogen-bond acceptors (Lipinski definition) is 4. The van der Waals surface area contributed by atoms with E-state index < -0.39 is 0 Å². The van der Waals surface area contributed by atoms with E-state index in [-0.39, 0.29) is 12.2 Å². The Morgan fingerprint density at radius 3 is 2.90 bits per heavy atom. The minimum absolute atomic E-state index is 0.205. The number of rotatable bonds is 7. The Bertz CT molecular complexity index is 463. The second-order valence-corrected chi connectivity index (χ2v) is 6.23. The summed E-state index contributed by atoms with van der Waals surface area (Å²) in [7, 11) is 1.73. The standard InChI is InChI=1S/C15H22ClNO3/c1-15(2,4-5-18-3)9-17-8-11-6-12(16)14-13(7-11)19-10-20-14/h6-7,17H,4-5,8-10H2,1-3H3. The highest BCUT2D eigenvalue weighted by atomic mass is 35.5. The average Bonchev–Trinajstić information content (AvgIpc) is 2.85. The molecule has 0 atom stereocenters. The Hall–Kier alpha value is -0.970. The van der Waals surface area contributed by atoms with Crippen LogP contribution in [0.15, 0.2) is 12.1 Å². The summed E-state index contributed by atoms with van der Waals surface area (Å²) in [4.78, 5) is 0. The fourth-order valence-electron chi connectivity index (χ4n) is 2.13. The molecule has 1 heterocycles. The smallest absolute Gasteiger partial charge is 0.231 e. The predicted octanol–water partition coefficient (Wildman–Crippen LogP) is 3.22. The SMILES string of the molecule is COCCC(C)(C)CNCc1cc(Cl)c2c(c1)OCO2. The van der Waals surface area contributed by atoms with Gasteiger partial charge in [0, 0.05) is 26.8 Å². The van der Waals surface area contributed by atoms with Crippen molar-refractivity contribution in [2.75, 3.05) is 27.1 Å². The van der Waals surface area contributed by atoms with Gasteiger partial charge in [-0.05, 0) is 29.5 Å². The summed E-state index contributed by atoms with van der Waals surface area (Å²) in [6.07, 6.45) is 1.03. The molecule has 0 saturated carbocycles. The van der Waals surface area contributed by atoms with Gasteiger partial charge in [0.05, 0.1) is 5.02 Å². The molecule has 20 heavy (non-hydrogen) atoms. The molecule has 0 amide bonds. The van der Waals surface area contributed by atoms with E-state index in [1.807, 2.05) is 12.1 Å². The normalized spacial score (nSPS) is 13.8. The Balaban J connectivity index is 1.87. The lowest BCUT2D eigenvalue weighted by molar-refractivity contribution is 0.150. The number of halogens is 1. The first-order valence-electron chi connectivity index (χ1n) is 6.79. The maximum atomic E-state index is 6.16. The van der Waals surface area contributed by atoms with E-state index in [0.717, 1.165) is 37.4 Å². The van der Waals surface area contributed by atoms with Crippen LogP contribution in [-0.4, -0.2) is 27.1 Å². The molecular weight excluding hydrogens is 278 g/mol. The monoisotopic (exact) mass is 299 g/mol. The molecule has 5 heteroatoms. The highest BCUT2D eigenvalue weighted by Crippen LogP contribution is 2.39. The van der Waals surface area contributed by atoms with Gasteiger partial charge in [0.2, 0.25) is 6.79 Å². The van der Waals surface area contributed by atoms with Gasteiger partial charge in [-0.2, -0.15) is 0 Å². The fraction of sp³-hybridized carbons (Fsp3) is 0.600. The lowest BCUT2D eigenvalue weighted by Crippen LogP contribution is -2.30. The summed E-state index contributed by atoms with van der Waals surface area (Å²) in [6.45, 7) is 7.16. The topological polar surface area (TPSA) is 39.7 Å². The van der Waals surface area contributed by atoms with Crippen LogP contribution in [0.2, 0.25) is 5.02 Å². The van der Waals surface area contributed by atoms with Gasteiger partial charge in [-0.15, -0.1) is 0 Å². The summed E-state index contributed by atoms with van der Waals surface area (Å²) >= 11 is 6.16. The van der Waals surface area contributed by atoms with Crippen molar-refractivity contribution in [2.45, 2.75) is 26.8 Å². The van der Waals surface area contributed by atoms with Gasteiger partial charge in [-0.1, -0.05) is 25.4 Å². The number of fused-ring (bicyclic) bond motifs is 1.